The summed E-state index contributed by atoms with van der Waals surface area (Å²) in [5, 5.41) is 19.1. The van der Waals surface area contributed by atoms with Gasteiger partial charge in [-0.05, 0) is 45.8 Å². The van der Waals surface area contributed by atoms with Gasteiger partial charge in [0.2, 0.25) is 0 Å². The van der Waals surface area contributed by atoms with Crippen molar-refractivity contribution in [3.63, 3.8) is 0 Å². The first kappa shape index (κ1) is 16.3. The highest BCUT2D eigenvalue weighted by Crippen LogP contribution is 2.35. The van der Waals surface area contributed by atoms with Crippen LogP contribution in [0.5, 0.6) is 11.5 Å². The maximum atomic E-state index is 10.5. The van der Waals surface area contributed by atoms with Crippen LogP contribution in [0.15, 0.2) is 28.9 Å². The maximum absolute atomic E-state index is 10.5. The number of aliphatic carboxylic acids is 1. The average molecular weight is 382 g/mol. The Labute approximate surface area is 139 Å². The van der Waals surface area contributed by atoms with Crippen molar-refractivity contribution in [1.82, 2.24) is 4.98 Å². The van der Waals surface area contributed by atoms with Crippen LogP contribution in [0.2, 0.25) is 0 Å². The summed E-state index contributed by atoms with van der Waals surface area (Å²) in [5.41, 5.74) is 0.833. The summed E-state index contributed by atoms with van der Waals surface area (Å²) in [6, 6.07) is 3.46. The highest BCUT2D eigenvalue weighted by molar-refractivity contribution is 9.10. The van der Waals surface area contributed by atoms with E-state index in [4.69, 9.17) is 9.84 Å². The summed E-state index contributed by atoms with van der Waals surface area (Å²) in [5.74, 6) is -0.570. The lowest BCUT2D eigenvalue weighted by atomic mass is 10.2. The summed E-state index contributed by atoms with van der Waals surface area (Å²) in [7, 11) is 1.48. The second-order valence-electron chi connectivity index (χ2n) is 4.16. The molecule has 0 atom stereocenters. The molecule has 0 fully saturated rings. The minimum Gasteiger partial charge on any atom is -0.503 e. The van der Waals surface area contributed by atoms with Crippen LogP contribution in [0.1, 0.15) is 15.4 Å². The molecule has 7 heteroatoms. The highest BCUT2D eigenvalue weighted by atomic mass is 79.9. The Balaban J connectivity index is 2.19. The van der Waals surface area contributed by atoms with E-state index in [2.05, 4.69) is 20.9 Å². The Kier molecular flexibility index (Phi) is 5.35. The summed E-state index contributed by atoms with van der Waals surface area (Å²) in [4.78, 5) is 15.4. The molecule has 2 rings (SSSR count). The summed E-state index contributed by atoms with van der Waals surface area (Å²) in [6.07, 6.45) is 7.81. The second-order valence-corrected chi connectivity index (χ2v) is 6.11. The van der Waals surface area contributed by atoms with Crippen LogP contribution in [0.3, 0.4) is 0 Å². The molecule has 1 aromatic carbocycles. The topological polar surface area (TPSA) is 79.7 Å². The van der Waals surface area contributed by atoms with Gasteiger partial charge in [-0.15, -0.1) is 11.3 Å². The number of aromatic hydroxyl groups is 1. The van der Waals surface area contributed by atoms with Crippen LogP contribution in [-0.4, -0.2) is 28.3 Å². The van der Waals surface area contributed by atoms with Gasteiger partial charge in [-0.1, -0.05) is 6.08 Å². The molecule has 0 amide bonds. The van der Waals surface area contributed by atoms with Crippen molar-refractivity contribution in [2.75, 3.05) is 7.11 Å². The monoisotopic (exact) mass is 381 g/mol. The molecule has 1 aromatic heterocycles. The standard InChI is InChI=1S/C15H12BrNO4S/c1-21-12-7-9(6-11(16)15(12)20)2-4-13-17-8-10(22-13)3-5-14(18)19/h2-8,20H,1H3,(H,18,19)/b4-2+,5-3+. The van der Waals surface area contributed by atoms with Crippen molar-refractivity contribution in [3.8, 4) is 11.5 Å². The van der Waals surface area contributed by atoms with E-state index in [1.165, 1.54) is 24.5 Å². The third-order valence-corrected chi connectivity index (χ3v) is 4.15. The number of hydrogen-bond donors (Lipinski definition) is 2. The van der Waals surface area contributed by atoms with E-state index < -0.39 is 5.97 Å². The lowest BCUT2D eigenvalue weighted by Gasteiger charge is -2.06. The average Bonchev–Trinajstić information content (AvgIpc) is 2.94. The highest BCUT2D eigenvalue weighted by Gasteiger charge is 2.07. The number of phenolic OH excluding ortho intramolecular Hbond substituents is 1. The molecule has 2 N–H and O–H groups in total. The normalized spacial score (nSPS) is 11.4. The van der Waals surface area contributed by atoms with Crippen LogP contribution >= 0.6 is 27.3 Å². The fourth-order valence-corrected chi connectivity index (χ4v) is 2.81. The first-order valence-electron chi connectivity index (χ1n) is 6.11. The van der Waals surface area contributed by atoms with E-state index >= 15 is 0 Å². The van der Waals surface area contributed by atoms with Gasteiger partial charge in [-0.2, -0.15) is 0 Å². The molecule has 0 radical (unpaired) electrons. The lowest BCUT2D eigenvalue weighted by Crippen LogP contribution is -1.85. The van der Waals surface area contributed by atoms with Crippen molar-refractivity contribution >= 4 is 51.5 Å². The third kappa shape index (κ3) is 4.19. The van der Waals surface area contributed by atoms with Gasteiger partial charge < -0.3 is 14.9 Å². The number of nitrogens with zero attached hydrogens (tertiary/aromatic N) is 1. The Hall–Kier alpha value is -2.12. The molecule has 0 spiro atoms. The van der Waals surface area contributed by atoms with Crippen LogP contribution in [-0.2, 0) is 4.79 Å². The number of carboxylic acids is 1. The fraction of sp³-hybridized carbons (Fsp3) is 0.0667. The predicted octanol–water partition coefficient (Wildman–Crippen LogP) is 3.89. The smallest absolute Gasteiger partial charge is 0.328 e. The molecule has 0 bridgehead atoms. The van der Waals surface area contributed by atoms with Crippen molar-refractivity contribution < 1.29 is 19.7 Å². The van der Waals surface area contributed by atoms with Crippen LogP contribution in [0.25, 0.3) is 18.2 Å². The van der Waals surface area contributed by atoms with Crippen LogP contribution in [0, 0.1) is 0 Å². The molecular weight excluding hydrogens is 370 g/mol. The predicted molar refractivity (Wildman–Crippen MR) is 90.1 cm³/mol. The summed E-state index contributed by atoms with van der Waals surface area (Å²) >= 11 is 4.63. The van der Waals surface area contributed by atoms with Gasteiger partial charge in [0.1, 0.15) is 5.01 Å². The molecular formula is C15H12BrNO4S. The first-order valence-corrected chi connectivity index (χ1v) is 7.72. The van der Waals surface area contributed by atoms with Gasteiger partial charge in [-0.25, -0.2) is 9.78 Å². The van der Waals surface area contributed by atoms with E-state index in [0.717, 1.165) is 21.5 Å². The largest absolute Gasteiger partial charge is 0.503 e. The molecule has 0 aliphatic rings. The number of aromatic nitrogens is 1. The number of thiazole rings is 1. The number of carboxylic acid groups (broad SMARTS) is 1. The number of halogens is 1. The first-order chi connectivity index (χ1) is 10.5. The molecule has 0 saturated carbocycles. The maximum Gasteiger partial charge on any atom is 0.328 e. The molecule has 2 aromatic rings. The number of phenols is 1. The van der Waals surface area contributed by atoms with Crippen LogP contribution in [0.4, 0.5) is 0 Å². The van der Waals surface area contributed by atoms with Gasteiger partial charge in [0, 0.05) is 17.2 Å². The zero-order chi connectivity index (χ0) is 16.1. The van der Waals surface area contributed by atoms with Gasteiger partial charge in [0.15, 0.2) is 11.5 Å². The van der Waals surface area contributed by atoms with E-state index in [-0.39, 0.29) is 5.75 Å². The zero-order valence-electron chi connectivity index (χ0n) is 11.5. The molecule has 5 nitrogen and oxygen atoms in total. The number of benzene rings is 1. The van der Waals surface area contributed by atoms with Crippen molar-refractivity contribution in [2.24, 2.45) is 0 Å². The fourth-order valence-electron chi connectivity index (χ4n) is 1.62. The molecule has 114 valence electrons. The lowest BCUT2D eigenvalue weighted by molar-refractivity contribution is -0.131. The van der Waals surface area contributed by atoms with Gasteiger partial charge in [0.25, 0.3) is 0 Å². The summed E-state index contributed by atoms with van der Waals surface area (Å²) in [6.45, 7) is 0. The van der Waals surface area contributed by atoms with Crippen molar-refractivity contribution in [3.05, 3.63) is 44.3 Å². The summed E-state index contributed by atoms with van der Waals surface area (Å²) < 4.78 is 5.62. The number of methoxy groups -OCH3 is 1. The Morgan fingerprint density at radius 3 is 2.82 bits per heavy atom. The number of rotatable bonds is 5. The quantitative estimate of drug-likeness (QED) is 0.767. The zero-order valence-corrected chi connectivity index (χ0v) is 13.9. The van der Waals surface area contributed by atoms with Gasteiger partial charge in [-0.3, -0.25) is 0 Å². The SMILES string of the molecule is COc1cc(/C=C/c2ncc(/C=C/C(=O)O)s2)cc(Br)c1O. The van der Waals surface area contributed by atoms with E-state index in [1.807, 2.05) is 6.08 Å². The van der Waals surface area contributed by atoms with Crippen molar-refractivity contribution in [2.45, 2.75) is 0 Å². The molecule has 22 heavy (non-hydrogen) atoms. The minimum absolute atomic E-state index is 0.0509. The Morgan fingerprint density at radius 1 is 1.36 bits per heavy atom. The molecule has 0 unspecified atom stereocenters. The number of ether oxygens (including phenoxy) is 1. The van der Waals surface area contributed by atoms with E-state index in [9.17, 15) is 9.90 Å². The van der Waals surface area contributed by atoms with Crippen molar-refractivity contribution in [1.29, 1.82) is 0 Å². The number of hydrogen-bond acceptors (Lipinski definition) is 5. The molecule has 0 saturated heterocycles. The second kappa shape index (κ2) is 7.24. The number of carbonyl (C=O) groups is 1. The molecule has 1 heterocycles. The van der Waals surface area contributed by atoms with Crippen LogP contribution < -0.4 is 4.74 Å². The van der Waals surface area contributed by atoms with E-state index in [1.54, 1.807) is 24.4 Å². The van der Waals surface area contributed by atoms with E-state index in [0.29, 0.717) is 10.2 Å². The molecule has 0 aliphatic carbocycles. The van der Waals surface area contributed by atoms with Gasteiger partial charge in [0.05, 0.1) is 11.6 Å². The minimum atomic E-state index is -0.994. The Morgan fingerprint density at radius 2 is 2.14 bits per heavy atom. The molecule has 0 aliphatic heterocycles. The van der Waals surface area contributed by atoms with Gasteiger partial charge >= 0.3 is 5.97 Å². The third-order valence-electron chi connectivity index (χ3n) is 2.62. The Bertz CT molecular complexity index is 752.